The number of nitrogens with one attached hydrogen (secondary N) is 2. The molecule has 1 aromatic heterocycles. The van der Waals surface area contributed by atoms with Gasteiger partial charge in [-0.2, -0.15) is 4.98 Å². The fourth-order valence-corrected chi connectivity index (χ4v) is 1.76. The lowest BCUT2D eigenvalue weighted by molar-refractivity contribution is 0.449. The minimum absolute atomic E-state index is 0.145. The first kappa shape index (κ1) is 12.6. The molecular formula is C12H12ClN3O2. The molecule has 3 N–H and O–H groups in total. The smallest absolute Gasteiger partial charge is 0.262 e. The molecule has 5 nitrogen and oxygen atoms in total. The molecule has 0 saturated carbocycles. The van der Waals surface area contributed by atoms with Crippen LogP contribution in [0.3, 0.4) is 0 Å². The molecule has 1 heterocycles. The van der Waals surface area contributed by atoms with Crippen LogP contribution in [-0.2, 0) is 6.54 Å². The van der Waals surface area contributed by atoms with Crippen molar-refractivity contribution < 1.29 is 5.11 Å². The van der Waals surface area contributed by atoms with E-state index in [1.54, 1.807) is 31.3 Å². The number of aromatic nitrogens is 2. The summed E-state index contributed by atoms with van der Waals surface area (Å²) in [4.78, 5) is 18.4. The van der Waals surface area contributed by atoms with E-state index in [-0.39, 0.29) is 17.0 Å². The quantitative estimate of drug-likeness (QED) is 0.786. The van der Waals surface area contributed by atoms with E-state index in [1.807, 2.05) is 0 Å². The zero-order valence-electron chi connectivity index (χ0n) is 9.70. The van der Waals surface area contributed by atoms with Gasteiger partial charge in [-0.05, 0) is 24.7 Å². The Morgan fingerprint density at radius 2 is 2.06 bits per heavy atom. The Kier molecular flexibility index (Phi) is 3.64. The van der Waals surface area contributed by atoms with Crippen molar-refractivity contribution in [1.82, 2.24) is 15.3 Å². The zero-order chi connectivity index (χ0) is 13.1. The normalized spacial score (nSPS) is 10.6. The molecule has 94 valence electrons. The van der Waals surface area contributed by atoms with Gasteiger partial charge in [0.05, 0.1) is 6.54 Å². The second-order valence-corrected chi connectivity index (χ2v) is 4.18. The van der Waals surface area contributed by atoms with Crippen LogP contribution in [-0.4, -0.2) is 22.1 Å². The predicted octanol–water partition coefficient (Wildman–Crippen LogP) is 1.52. The Bertz CT molecular complexity index is 608. The van der Waals surface area contributed by atoms with E-state index in [1.165, 1.54) is 0 Å². The first-order chi connectivity index (χ1) is 8.61. The van der Waals surface area contributed by atoms with Gasteiger partial charge in [-0.25, -0.2) is 0 Å². The predicted molar refractivity (Wildman–Crippen MR) is 69.7 cm³/mol. The molecule has 0 aliphatic heterocycles. The molecule has 0 unspecified atom stereocenters. The van der Waals surface area contributed by atoms with Crippen molar-refractivity contribution in [2.45, 2.75) is 6.54 Å². The average Bonchev–Trinajstić information content (AvgIpc) is 2.31. The molecular weight excluding hydrogens is 254 g/mol. The maximum Gasteiger partial charge on any atom is 0.262 e. The minimum atomic E-state index is -0.380. The van der Waals surface area contributed by atoms with Crippen LogP contribution < -0.4 is 10.9 Å². The van der Waals surface area contributed by atoms with Crippen molar-refractivity contribution in [2.75, 3.05) is 7.05 Å². The van der Waals surface area contributed by atoms with Gasteiger partial charge >= 0.3 is 0 Å². The summed E-state index contributed by atoms with van der Waals surface area (Å²) in [6.07, 6.45) is 0. The van der Waals surface area contributed by atoms with E-state index in [0.29, 0.717) is 23.0 Å². The third kappa shape index (κ3) is 2.52. The van der Waals surface area contributed by atoms with Crippen LogP contribution in [0.15, 0.2) is 29.1 Å². The van der Waals surface area contributed by atoms with Gasteiger partial charge < -0.3 is 15.4 Å². The SMILES string of the molecule is CNCc1nc(O)c(-c2ccc(Cl)cc2)c(=O)[nH]1. The molecule has 0 aliphatic rings. The van der Waals surface area contributed by atoms with Gasteiger partial charge in [0, 0.05) is 5.02 Å². The Labute approximate surface area is 108 Å². The Morgan fingerprint density at radius 3 is 2.61 bits per heavy atom. The third-order valence-corrected chi connectivity index (χ3v) is 2.68. The van der Waals surface area contributed by atoms with Crippen molar-refractivity contribution in [3.63, 3.8) is 0 Å². The van der Waals surface area contributed by atoms with Crippen molar-refractivity contribution in [3.8, 4) is 17.0 Å². The van der Waals surface area contributed by atoms with Crippen LogP contribution in [0, 0.1) is 0 Å². The van der Waals surface area contributed by atoms with Gasteiger partial charge in [0.1, 0.15) is 11.4 Å². The average molecular weight is 266 g/mol. The van der Waals surface area contributed by atoms with E-state index >= 15 is 0 Å². The summed E-state index contributed by atoms with van der Waals surface area (Å²) in [5.74, 6) is 0.101. The number of hydrogen-bond donors (Lipinski definition) is 3. The number of aromatic amines is 1. The standard InChI is InChI=1S/C12H12ClN3O2/c1-14-6-9-15-11(17)10(12(18)16-9)7-2-4-8(13)5-3-7/h2-5,14H,6H2,1H3,(H2,15,16,17,18). The Hall–Kier alpha value is -1.85. The third-order valence-electron chi connectivity index (χ3n) is 2.43. The van der Waals surface area contributed by atoms with Gasteiger partial charge in [0.15, 0.2) is 0 Å². The first-order valence-corrected chi connectivity index (χ1v) is 5.72. The van der Waals surface area contributed by atoms with E-state index in [0.717, 1.165) is 0 Å². The maximum absolute atomic E-state index is 11.9. The highest BCUT2D eigenvalue weighted by Crippen LogP contribution is 2.24. The fourth-order valence-electron chi connectivity index (χ4n) is 1.63. The highest BCUT2D eigenvalue weighted by molar-refractivity contribution is 6.30. The molecule has 0 fully saturated rings. The van der Waals surface area contributed by atoms with Gasteiger partial charge in [-0.15, -0.1) is 0 Å². The molecule has 2 aromatic rings. The van der Waals surface area contributed by atoms with E-state index in [9.17, 15) is 9.90 Å². The molecule has 0 aliphatic carbocycles. The van der Waals surface area contributed by atoms with Crippen molar-refractivity contribution in [1.29, 1.82) is 0 Å². The number of benzene rings is 1. The topological polar surface area (TPSA) is 78.0 Å². The summed E-state index contributed by atoms with van der Waals surface area (Å²) in [5.41, 5.74) is 0.336. The molecule has 0 saturated heterocycles. The number of halogens is 1. The second kappa shape index (κ2) is 5.20. The van der Waals surface area contributed by atoms with Crippen molar-refractivity contribution in [3.05, 3.63) is 45.5 Å². The molecule has 6 heteroatoms. The van der Waals surface area contributed by atoms with Crippen LogP contribution in [0.2, 0.25) is 5.02 Å². The highest BCUT2D eigenvalue weighted by Gasteiger charge is 2.12. The van der Waals surface area contributed by atoms with Crippen LogP contribution >= 0.6 is 11.6 Å². The monoisotopic (exact) mass is 265 g/mol. The van der Waals surface area contributed by atoms with Crippen molar-refractivity contribution in [2.24, 2.45) is 0 Å². The summed E-state index contributed by atoms with van der Waals surface area (Å²) in [6, 6.07) is 6.62. The molecule has 0 amide bonds. The Balaban J connectivity index is 2.52. The molecule has 1 aromatic carbocycles. The second-order valence-electron chi connectivity index (χ2n) is 3.75. The van der Waals surface area contributed by atoms with Crippen LogP contribution in [0.4, 0.5) is 0 Å². The van der Waals surface area contributed by atoms with Gasteiger partial charge in [-0.1, -0.05) is 23.7 Å². The lowest BCUT2D eigenvalue weighted by Gasteiger charge is -2.05. The summed E-state index contributed by atoms with van der Waals surface area (Å²) < 4.78 is 0. The van der Waals surface area contributed by atoms with Crippen LogP contribution in [0.1, 0.15) is 5.82 Å². The number of nitrogens with zero attached hydrogens (tertiary/aromatic N) is 1. The molecule has 2 rings (SSSR count). The van der Waals surface area contributed by atoms with Crippen LogP contribution in [0.5, 0.6) is 5.88 Å². The highest BCUT2D eigenvalue weighted by atomic mass is 35.5. The number of H-pyrrole nitrogens is 1. The number of aromatic hydroxyl groups is 1. The van der Waals surface area contributed by atoms with Crippen LogP contribution in [0.25, 0.3) is 11.1 Å². The summed E-state index contributed by atoms with van der Waals surface area (Å²) in [5, 5.41) is 13.2. The van der Waals surface area contributed by atoms with E-state index in [2.05, 4.69) is 15.3 Å². The lowest BCUT2D eigenvalue weighted by Crippen LogP contribution is -2.17. The van der Waals surface area contributed by atoms with Gasteiger partial charge in [0.25, 0.3) is 5.56 Å². The first-order valence-electron chi connectivity index (χ1n) is 5.34. The van der Waals surface area contributed by atoms with Gasteiger partial charge in [0.2, 0.25) is 5.88 Å². The lowest BCUT2D eigenvalue weighted by atomic mass is 10.1. The molecule has 0 atom stereocenters. The largest absolute Gasteiger partial charge is 0.493 e. The molecule has 0 radical (unpaired) electrons. The van der Waals surface area contributed by atoms with Gasteiger partial charge in [-0.3, -0.25) is 4.79 Å². The molecule has 0 bridgehead atoms. The molecule has 18 heavy (non-hydrogen) atoms. The van der Waals surface area contributed by atoms with Crippen molar-refractivity contribution >= 4 is 11.6 Å². The van der Waals surface area contributed by atoms with E-state index in [4.69, 9.17) is 11.6 Å². The summed E-state index contributed by atoms with van der Waals surface area (Å²) in [6.45, 7) is 0.379. The van der Waals surface area contributed by atoms with E-state index < -0.39 is 0 Å². The fraction of sp³-hybridized carbons (Fsp3) is 0.167. The Morgan fingerprint density at radius 1 is 1.39 bits per heavy atom. The minimum Gasteiger partial charge on any atom is -0.493 e. The number of hydrogen-bond acceptors (Lipinski definition) is 4. The number of rotatable bonds is 3. The molecule has 0 spiro atoms. The zero-order valence-corrected chi connectivity index (χ0v) is 10.5. The summed E-state index contributed by atoms with van der Waals surface area (Å²) >= 11 is 5.77. The summed E-state index contributed by atoms with van der Waals surface area (Å²) in [7, 11) is 1.73. The maximum atomic E-state index is 11.9.